The number of Topliss-reactive ketones (excluding diaryl/α,β-unsaturated/α-hetero) is 1. The van der Waals surface area contributed by atoms with E-state index < -0.39 is 0 Å². The topological polar surface area (TPSA) is 26.3 Å². The van der Waals surface area contributed by atoms with E-state index >= 15 is 0 Å². The Bertz CT molecular complexity index is 611. The molecule has 0 atom stereocenters. The fourth-order valence-electron chi connectivity index (χ4n) is 1.74. The number of ketones is 1. The van der Waals surface area contributed by atoms with Crippen molar-refractivity contribution >= 4 is 33.3 Å². The highest BCUT2D eigenvalue weighted by atomic mass is 79.9. The molecular weight excluding hydrogens is 328 g/mol. The minimum absolute atomic E-state index is 0.0302. The number of rotatable bonds is 4. The number of carbonyl (C=O) groups is 1. The summed E-state index contributed by atoms with van der Waals surface area (Å²) in [6.45, 7) is 0. The maximum atomic E-state index is 12.2. The van der Waals surface area contributed by atoms with Gasteiger partial charge in [0.1, 0.15) is 5.75 Å². The second kappa shape index (κ2) is 6.22. The molecule has 0 N–H and O–H groups in total. The van der Waals surface area contributed by atoms with Crippen LogP contribution in [0.15, 0.2) is 46.9 Å². The van der Waals surface area contributed by atoms with Crippen molar-refractivity contribution in [1.82, 2.24) is 0 Å². The molecule has 0 aliphatic heterocycles. The number of carbonyl (C=O) groups excluding carboxylic acids is 1. The second-order valence-electron chi connectivity index (χ2n) is 4.08. The Balaban J connectivity index is 2.18. The SMILES string of the molecule is COc1cccc(CC(=O)c2ccc(Br)c(Cl)c2)c1. The van der Waals surface area contributed by atoms with Crippen molar-refractivity contribution in [1.29, 1.82) is 0 Å². The monoisotopic (exact) mass is 338 g/mol. The Kier molecular flexibility index (Phi) is 4.61. The highest BCUT2D eigenvalue weighted by molar-refractivity contribution is 9.10. The van der Waals surface area contributed by atoms with Crippen LogP contribution < -0.4 is 4.74 Å². The Morgan fingerprint density at radius 1 is 1.26 bits per heavy atom. The van der Waals surface area contributed by atoms with Crippen molar-refractivity contribution in [3.05, 3.63) is 63.1 Å². The summed E-state index contributed by atoms with van der Waals surface area (Å²) >= 11 is 9.29. The van der Waals surface area contributed by atoms with Crippen LogP contribution in [-0.4, -0.2) is 12.9 Å². The summed E-state index contributed by atoms with van der Waals surface area (Å²) in [5, 5.41) is 0.538. The molecule has 2 rings (SSSR count). The largest absolute Gasteiger partial charge is 0.497 e. The van der Waals surface area contributed by atoms with Crippen molar-refractivity contribution in [2.24, 2.45) is 0 Å². The first-order valence-electron chi connectivity index (χ1n) is 5.71. The fourth-order valence-corrected chi connectivity index (χ4v) is 2.17. The van der Waals surface area contributed by atoms with Gasteiger partial charge in [-0.2, -0.15) is 0 Å². The zero-order valence-corrected chi connectivity index (χ0v) is 12.7. The summed E-state index contributed by atoms with van der Waals surface area (Å²) in [5.41, 5.74) is 1.53. The Morgan fingerprint density at radius 3 is 2.74 bits per heavy atom. The first-order chi connectivity index (χ1) is 9.10. The molecule has 2 nitrogen and oxygen atoms in total. The van der Waals surface area contributed by atoms with E-state index in [-0.39, 0.29) is 5.78 Å². The summed E-state index contributed by atoms with van der Waals surface area (Å²) in [4.78, 5) is 12.2. The van der Waals surface area contributed by atoms with Crippen LogP contribution in [0, 0.1) is 0 Å². The van der Waals surface area contributed by atoms with Crippen LogP contribution in [0.1, 0.15) is 15.9 Å². The number of halogens is 2. The van der Waals surface area contributed by atoms with Crippen LogP contribution in [0.5, 0.6) is 5.75 Å². The zero-order valence-electron chi connectivity index (χ0n) is 10.3. The summed E-state index contributed by atoms with van der Waals surface area (Å²) in [6.07, 6.45) is 0.329. The first kappa shape index (κ1) is 14.1. The van der Waals surface area contributed by atoms with Crippen LogP contribution in [0.3, 0.4) is 0 Å². The predicted octanol–water partition coefficient (Wildman–Crippen LogP) is 4.54. The molecule has 2 aromatic carbocycles. The average Bonchev–Trinajstić information content (AvgIpc) is 2.42. The van der Waals surface area contributed by atoms with Crippen molar-refractivity contribution in [2.75, 3.05) is 7.11 Å². The molecule has 0 aliphatic carbocycles. The summed E-state index contributed by atoms with van der Waals surface area (Å²) < 4.78 is 5.92. The first-order valence-corrected chi connectivity index (χ1v) is 6.88. The number of hydrogen-bond donors (Lipinski definition) is 0. The predicted molar refractivity (Wildman–Crippen MR) is 80.2 cm³/mol. The maximum Gasteiger partial charge on any atom is 0.167 e. The third-order valence-corrected chi connectivity index (χ3v) is 3.97. The van der Waals surface area contributed by atoms with E-state index in [1.807, 2.05) is 24.3 Å². The average molecular weight is 340 g/mol. The van der Waals surface area contributed by atoms with Crippen molar-refractivity contribution in [2.45, 2.75) is 6.42 Å². The lowest BCUT2D eigenvalue weighted by molar-refractivity contribution is 0.0993. The zero-order chi connectivity index (χ0) is 13.8. The third kappa shape index (κ3) is 3.58. The van der Waals surface area contributed by atoms with E-state index in [0.717, 1.165) is 15.8 Å². The van der Waals surface area contributed by atoms with Crippen molar-refractivity contribution in [3.63, 3.8) is 0 Å². The molecule has 0 aromatic heterocycles. The molecule has 0 saturated heterocycles. The van der Waals surface area contributed by atoms with E-state index in [9.17, 15) is 4.79 Å². The minimum Gasteiger partial charge on any atom is -0.497 e. The number of benzene rings is 2. The molecule has 0 bridgehead atoms. The van der Waals surface area contributed by atoms with E-state index in [1.165, 1.54) is 0 Å². The molecule has 0 amide bonds. The highest BCUT2D eigenvalue weighted by Gasteiger charge is 2.09. The molecular formula is C15H12BrClO2. The standard InChI is InChI=1S/C15H12BrClO2/c1-19-12-4-2-3-10(7-12)8-15(18)11-5-6-13(16)14(17)9-11/h2-7,9H,8H2,1H3. The van der Waals surface area contributed by atoms with Crippen LogP contribution in [-0.2, 0) is 6.42 Å². The molecule has 0 heterocycles. The Labute approximate surface area is 125 Å². The summed E-state index contributed by atoms with van der Waals surface area (Å²) in [7, 11) is 1.61. The number of hydrogen-bond acceptors (Lipinski definition) is 2. The molecule has 0 saturated carbocycles. The molecule has 2 aromatic rings. The lowest BCUT2D eigenvalue weighted by Gasteiger charge is -2.05. The minimum atomic E-state index is 0.0302. The van der Waals surface area contributed by atoms with Gasteiger partial charge >= 0.3 is 0 Å². The molecule has 0 unspecified atom stereocenters. The van der Waals surface area contributed by atoms with Gasteiger partial charge in [-0.15, -0.1) is 0 Å². The number of methoxy groups -OCH3 is 1. The van der Waals surface area contributed by atoms with E-state index in [4.69, 9.17) is 16.3 Å². The van der Waals surface area contributed by atoms with Crippen LogP contribution in [0.4, 0.5) is 0 Å². The molecule has 0 aliphatic rings. The molecule has 19 heavy (non-hydrogen) atoms. The molecule has 4 heteroatoms. The molecule has 0 radical (unpaired) electrons. The number of ether oxygens (including phenoxy) is 1. The van der Waals surface area contributed by atoms with Gasteiger partial charge in [0, 0.05) is 16.5 Å². The highest BCUT2D eigenvalue weighted by Crippen LogP contribution is 2.24. The molecule has 0 fully saturated rings. The van der Waals surface area contributed by atoms with Gasteiger partial charge in [0.2, 0.25) is 0 Å². The normalized spacial score (nSPS) is 10.3. The van der Waals surface area contributed by atoms with Crippen LogP contribution >= 0.6 is 27.5 Å². The van der Waals surface area contributed by atoms with Gasteiger partial charge in [-0.25, -0.2) is 0 Å². The van der Waals surface area contributed by atoms with Crippen molar-refractivity contribution < 1.29 is 9.53 Å². The van der Waals surface area contributed by atoms with Crippen LogP contribution in [0.25, 0.3) is 0 Å². The van der Waals surface area contributed by atoms with Gasteiger partial charge in [0.15, 0.2) is 5.78 Å². The summed E-state index contributed by atoms with van der Waals surface area (Å²) in [6, 6.07) is 12.7. The fraction of sp³-hybridized carbons (Fsp3) is 0.133. The van der Waals surface area contributed by atoms with Gasteiger partial charge in [-0.1, -0.05) is 29.8 Å². The van der Waals surface area contributed by atoms with E-state index in [1.54, 1.807) is 25.3 Å². The van der Waals surface area contributed by atoms with Gasteiger partial charge < -0.3 is 4.74 Å². The van der Waals surface area contributed by atoms with Gasteiger partial charge in [-0.05, 0) is 45.8 Å². The molecule has 98 valence electrons. The van der Waals surface area contributed by atoms with Gasteiger partial charge in [-0.3, -0.25) is 4.79 Å². The lowest BCUT2D eigenvalue weighted by Crippen LogP contribution is -2.03. The summed E-state index contributed by atoms with van der Waals surface area (Å²) in [5.74, 6) is 0.779. The second-order valence-corrected chi connectivity index (χ2v) is 5.34. The third-order valence-electron chi connectivity index (χ3n) is 2.74. The Hall–Kier alpha value is -1.32. The Morgan fingerprint density at radius 2 is 2.05 bits per heavy atom. The van der Waals surface area contributed by atoms with E-state index in [0.29, 0.717) is 17.0 Å². The van der Waals surface area contributed by atoms with Gasteiger partial charge in [0.05, 0.1) is 12.1 Å². The molecule has 0 spiro atoms. The smallest absolute Gasteiger partial charge is 0.167 e. The van der Waals surface area contributed by atoms with Crippen molar-refractivity contribution in [3.8, 4) is 5.75 Å². The maximum absolute atomic E-state index is 12.2. The van der Waals surface area contributed by atoms with Gasteiger partial charge in [0.25, 0.3) is 0 Å². The van der Waals surface area contributed by atoms with Crippen LogP contribution in [0.2, 0.25) is 5.02 Å². The lowest BCUT2D eigenvalue weighted by atomic mass is 10.0. The van der Waals surface area contributed by atoms with E-state index in [2.05, 4.69) is 15.9 Å². The quantitative estimate of drug-likeness (QED) is 0.765.